The summed E-state index contributed by atoms with van der Waals surface area (Å²) in [5.74, 6) is 0. The van der Waals surface area contributed by atoms with E-state index in [0.29, 0.717) is 0 Å². The van der Waals surface area contributed by atoms with Crippen LogP contribution < -0.4 is 5.73 Å². The first-order valence-electron chi connectivity index (χ1n) is 4.79. The summed E-state index contributed by atoms with van der Waals surface area (Å²) in [6.07, 6.45) is 4.38. The summed E-state index contributed by atoms with van der Waals surface area (Å²) in [6.45, 7) is 2.05. The number of nitrogens with zero attached hydrogens (tertiary/aromatic N) is 3. The highest BCUT2D eigenvalue weighted by atomic mass is 32.1. The Balaban J connectivity index is 2.32. The summed E-state index contributed by atoms with van der Waals surface area (Å²) in [6, 6.07) is 3.69. The molecule has 1 atom stereocenters. The molecule has 2 aromatic heterocycles. The normalized spacial score (nSPS) is 12.7. The number of aromatic nitrogens is 3. The van der Waals surface area contributed by atoms with E-state index in [4.69, 9.17) is 5.73 Å². The third-order valence-corrected chi connectivity index (χ3v) is 3.10. The SMILES string of the molecule is CCc1nnsc1C(N)c1cccnc1. The molecule has 0 aliphatic carbocycles. The lowest BCUT2D eigenvalue weighted by Crippen LogP contribution is -2.12. The zero-order chi connectivity index (χ0) is 10.7. The summed E-state index contributed by atoms with van der Waals surface area (Å²) in [4.78, 5) is 5.09. The number of pyridine rings is 1. The second-order valence-corrected chi connectivity index (χ2v) is 3.99. The molecule has 0 aliphatic heterocycles. The first kappa shape index (κ1) is 10.2. The number of aryl methyl sites for hydroxylation is 1. The lowest BCUT2D eigenvalue weighted by atomic mass is 10.1. The quantitative estimate of drug-likeness (QED) is 0.852. The topological polar surface area (TPSA) is 64.7 Å². The molecule has 0 aromatic carbocycles. The zero-order valence-corrected chi connectivity index (χ0v) is 9.24. The van der Waals surface area contributed by atoms with Gasteiger partial charge in [0.2, 0.25) is 0 Å². The fraction of sp³-hybridized carbons (Fsp3) is 0.300. The standard InChI is InChI=1S/C10H12N4S/c1-2-8-10(15-14-13-8)9(11)7-4-3-5-12-6-7/h3-6,9H,2,11H2,1H3. The van der Waals surface area contributed by atoms with Crippen molar-refractivity contribution >= 4 is 11.5 Å². The zero-order valence-electron chi connectivity index (χ0n) is 8.42. The van der Waals surface area contributed by atoms with Crippen molar-refractivity contribution in [3.8, 4) is 0 Å². The average molecular weight is 220 g/mol. The molecular formula is C10H12N4S. The molecular weight excluding hydrogens is 208 g/mol. The monoisotopic (exact) mass is 220 g/mol. The van der Waals surface area contributed by atoms with Crippen molar-refractivity contribution in [3.05, 3.63) is 40.7 Å². The van der Waals surface area contributed by atoms with Gasteiger partial charge in [0.1, 0.15) is 0 Å². The van der Waals surface area contributed by atoms with Gasteiger partial charge in [-0.05, 0) is 29.6 Å². The third-order valence-electron chi connectivity index (χ3n) is 2.25. The molecule has 2 aromatic rings. The lowest BCUT2D eigenvalue weighted by molar-refractivity contribution is 0.847. The number of hydrogen-bond acceptors (Lipinski definition) is 5. The Morgan fingerprint density at radius 2 is 2.40 bits per heavy atom. The highest BCUT2D eigenvalue weighted by molar-refractivity contribution is 7.05. The first-order valence-corrected chi connectivity index (χ1v) is 5.57. The number of rotatable bonds is 3. The van der Waals surface area contributed by atoms with Crippen LogP contribution in [0.4, 0.5) is 0 Å². The molecule has 78 valence electrons. The van der Waals surface area contributed by atoms with Crippen LogP contribution in [0.5, 0.6) is 0 Å². The van der Waals surface area contributed by atoms with E-state index in [0.717, 1.165) is 22.6 Å². The van der Waals surface area contributed by atoms with Crippen LogP contribution in [0.25, 0.3) is 0 Å². The second kappa shape index (κ2) is 4.46. The minimum Gasteiger partial charge on any atom is -0.319 e. The largest absolute Gasteiger partial charge is 0.319 e. The molecule has 15 heavy (non-hydrogen) atoms. The molecule has 4 nitrogen and oxygen atoms in total. The van der Waals surface area contributed by atoms with Gasteiger partial charge in [-0.1, -0.05) is 17.5 Å². The molecule has 0 aliphatic rings. The average Bonchev–Trinajstić information content (AvgIpc) is 2.77. The van der Waals surface area contributed by atoms with Crippen molar-refractivity contribution in [2.75, 3.05) is 0 Å². The van der Waals surface area contributed by atoms with Crippen LogP contribution in [0.2, 0.25) is 0 Å². The van der Waals surface area contributed by atoms with E-state index in [2.05, 4.69) is 21.5 Å². The van der Waals surface area contributed by atoms with Crippen LogP contribution >= 0.6 is 11.5 Å². The van der Waals surface area contributed by atoms with Gasteiger partial charge in [0, 0.05) is 12.4 Å². The van der Waals surface area contributed by atoms with Crippen LogP contribution in [-0.4, -0.2) is 14.6 Å². The van der Waals surface area contributed by atoms with Gasteiger partial charge >= 0.3 is 0 Å². The predicted octanol–water partition coefficient (Wildman–Crippen LogP) is 1.54. The maximum atomic E-state index is 6.13. The Kier molecular flexibility index (Phi) is 3.03. The molecule has 1 unspecified atom stereocenters. The van der Waals surface area contributed by atoms with E-state index in [9.17, 15) is 0 Å². The Morgan fingerprint density at radius 3 is 3.07 bits per heavy atom. The van der Waals surface area contributed by atoms with Crippen LogP contribution in [0.15, 0.2) is 24.5 Å². The van der Waals surface area contributed by atoms with E-state index in [-0.39, 0.29) is 6.04 Å². The van der Waals surface area contributed by atoms with Gasteiger partial charge < -0.3 is 5.73 Å². The summed E-state index contributed by atoms with van der Waals surface area (Å²) in [5, 5.41) is 4.05. The Hall–Kier alpha value is -1.33. The van der Waals surface area contributed by atoms with Crippen molar-refractivity contribution in [2.24, 2.45) is 5.73 Å². The predicted molar refractivity (Wildman–Crippen MR) is 59.6 cm³/mol. The van der Waals surface area contributed by atoms with E-state index in [1.807, 2.05) is 12.1 Å². The van der Waals surface area contributed by atoms with E-state index >= 15 is 0 Å². The molecule has 2 heterocycles. The minimum absolute atomic E-state index is 0.159. The molecule has 2 rings (SSSR count). The Morgan fingerprint density at radius 1 is 1.53 bits per heavy atom. The van der Waals surface area contributed by atoms with Crippen molar-refractivity contribution in [1.29, 1.82) is 0 Å². The minimum atomic E-state index is -0.159. The highest BCUT2D eigenvalue weighted by Crippen LogP contribution is 2.24. The Labute approximate surface area is 92.3 Å². The van der Waals surface area contributed by atoms with E-state index in [1.54, 1.807) is 12.4 Å². The molecule has 0 saturated heterocycles. The molecule has 5 heteroatoms. The molecule has 0 spiro atoms. The fourth-order valence-electron chi connectivity index (χ4n) is 1.41. The highest BCUT2D eigenvalue weighted by Gasteiger charge is 2.16. The molecule has 0 bridgehead atoms. The van der Waals surface area contributed by atoms with Crippen LogP contribution in [-0.2, 0) is 6.42 Å². The van der Waals surface area contributed by atoms with Gasteiger partial charge in [0.05, 0.1) is 16.6 Å². The smallest absolute Gasteiger partial charge is 0.0804 e. The van der Waals surface area contributed by atoms with Crippen molar-refractivity contribution < 1.29 is 0 Å². The third kappa shape index (κ3) is 2.03. The first-order chi connectivity index (χ1) is 7.33. The summed E-state index contributed by atoms with van der Waals surface area (Å²) in [7, 11) is 0. The van der Waals surface area contributed by atoms with Gasteiger partial charge in [0.15, 0.2) is 0 Å². The van der Waals surface area contributed by atoms with Gasteiger partial charge in [-0.15, -0.1) is 5.10 Å². The van der Waals surface area contributed by atoms with E-state index < -0.39 is 0 Å². The van der Waals surface area contributed by atoms with Crippen LogP contribution in [0.1, 0.15) is 29.1 Å². The van der Waals surface area contributed by atoms with Gasteiger partial charge in [-0.2, -0.15) is 0 Å². The van der Waals surface area contributed by atoms with E-state index in [1.165, 1.54) is 11.5 Å². The second-order valence-electron chi connectivity index (χ2n) is 3.20. The van der Waals surface area contributed by atoms with Crippen LogP contribution in [0, 0.1) is 0 Å². The maximum Gasteiger partial charge on any atom is 0.0804 e. The van der Waals surface area contributed by atoms with Gasteiger partial charge in [-0.3, -0.25) is 4.98 Å². The Bertz CT molecular complexity index is 426. The van der Waals surface area contributed by atoms with Gasteiger partial charge in [-0.25, -0.2) is 0 Å². The fourth-order valence-corrected chi connectivity index (χ4v) is 2.18. The molecule has 0 amide bonds. The van der Waals surface area contributed by atoms with Crippen molar-refractivity contribution in [1.82, 2.24) is 14.6 Å². The molecule has 0 radical (unpaired) electrons. The molecule has 2 N–H and O–H groups in total. The summed E-state index contributed by atoms with van der Waals surface area (Å²) in [5.41, 5.74) is 8.11. The van der Waals surface area contributed by atoms with Crippen molar-refractivity contribution in [2.45, 2.75) is 19.4 Å². The summed E-state index contributed by atoms with van der Waals surface area (Å²) >= 11 is 1.36. The summed E-state index contributed by atoms with van der Waals surface area (Å²) < 4.78 is 3.93. The van der Waals surface area contributed by atoms with Crippen LogP contribution in [0.3, 0.4) is 0 Å². The molecule has 0 fully saturated rings. The molecule has 0 saturated carbocycles. The number of nitrogens with two attached hydrogens (primary N) is 1. The van der Waals surface area contributed by atoms with Gasteiger partial charge in [0.25, 0.3) is 0 Å². The lowest BCUT2D eigenvalue weighted by Gasteiger charge is -2.09. The number of hydrogen-bond donors (Lipinski definition) is 1. The maximum absolute atomic E-state index is 6.13. The van der Waals surface area contributed by atoms with Crippen molar-refractivity contribution in [3.63, 3.8) is 0 Å².